The fourth-order valence-corrected chi connectivity index (χ4v) is 3.83. The van der Waals surface area contributed by atoms with Crippen molar-refractivity contribution in [1.82, 2.24) is 9.80 Å². The van der Waals surface area contributed by atoms with Gasteiger partial charge in [-0.1, -0.05) is 37.3 Å². The Labute approximate surface area is 129 Å². The van der Waals surface area contributed by atoms with Gasteiger partial charge >= 0.3 is 0 Å². The first-order chi connectivity index (χ1) is 10.1. The largest absolute Gasteiger partial charge is 0.326 e. The van der Waals surface area contributed by atoms with Crippen LogP contribution in [-0.2, 0) is 6.54 Å². The van der Waals surface area contributed by atoms with Crippen LogP contribution in [0.25, 0.3) is 0 Å². The highest BCUT2D eigenvalue weighted by Gasteiger charge is 2.35. The monoisotopic (exact) mass is 287 g/mol. The Morgan fingerprint density at radius 2 is 1.90 bits per heavy atom. The van der Waals surface area contributed by atoms with Crippen LogP contribution < -0.4 is 5.73 Å². The van der Waals surface area contributed by atoms with Gasteiger partial charge in [-0.05, 0) is 37.8 Å². The molecule has 0 saturated carbocycles. The number of likely N-dealkylation sites (tertiary alicyclic amines) is 2. The molecule has 2 aliphatic heterocycles. The van der Waals surface area contributed by atoms with Crippen molar-refractivity contribution in [3.8, 4) is 0 Å². The van der Waals surface area contributed by atoms with Gasteiger partial charge < -0.3 is 5.73 Å². The van der Waals surface area contributed by atoms with E-state index < -0.39 is 0 Å². The Morgan fingerprint density at radius 3 is 2.62 bits per heavy atom. The Bertz CT molecular complexity index is 447. The van der Waals surface area contributed by atoms with Gasteiger partial charge in [-0.2, -0.15) is 0 Å². The van der Waals surface area contributed by atoms with E-state index in [1.165, 1.54) is 31.5 Å². The molecule has 21 heavy (non-hydrogen) atoms. The highest BCUT2D eigenvalue weighted by atomic mass is 15.3. The molecular formula is C18H29N3. The SMILES string of the molecule is CC1CCN(C2CC(C)N(Cc3ccccc3)C2)CC1N. The van der Waals surface area contributed by atoms with Gasteiger partial charge in [0.15, 0.2) is 0 Å². The van der Waals surface area contributed by atoms with Gasteiger partial charge in [0.2, 0.25) is 0 Å². The summed E-state index contributed by atoms with van der Waals surface area (Å²) in [5, 5.41) is 0. The van der Waals surface area contributed by atoms with E-state index in [-0.39, 0.29) is 0 Å². The van der Waals surface area contributed by atoms with Crippen LogP contribution in [0.4, 0.5) is 0 Å². The number of benzene rings is 1. The first-order valence-corrected chi connectivity index (χ1v) is 8.41. The van der Waals surface area contributed by atoms with E-state index in [1.54, 1.807) is 0 Å². The third-order valence-electron chi connectivity index (χ3n) is 5.47. The van der Waals surface area contributed by atoms with E-state index in [2.05, 4.69) is 54.0 Å². The zero-order valence-corrected chi connectivity index (χ0v) is 13.4. The average molecular weight is 287 g/mol. The summed E-state index contributed by atoms with van der Waals surface area (Å²) in [6.07, 6.45) is 2.54. The summed E-state index contributed by atoms with van der Waals surface area (Å²) in [5.41, 5.74) is 7.70. The molecule has 2 N–H and O–H groups in total. The summed E-state index contributed by atoms with van der Waals surface area (Å²) in [4.78, 5) is 5.27. The van der Waals surface area contributed by atoms with Gasteiger partial charge in [0, 0.05) is 37.8 Å². The second-order valence-electron chi connectivity index (χ2n) is 7.08. The topological polar surface area (TPSA) is 32.5 Å². The van der Waals surface area contributed by atoms with Crippen LogP contribution in [0.2, 0.25) is 0 Å². The van der Waals surface area contributed by atoms with Crippen molar-refractivity contribution in [2.75, 3.05) is 19.6 Å². The zero-order chi connectivity index (χ0) is 14.8. The van der Waals surface area contributed by atoms with Crippen molar-refractivity contribution in [3.05, 3.63) is 35.9 Å². The van der Waals surface area contributed by atoms with Crippen LogP contribution in [-0.4, -0.2) is 47.6 Å². The average Bonchev–Trinajstić information content (AvgIpc) is 2.84. The van der Waals surface area contributed by atoms with Gasteiger partial charge in [-0.25, -0.2) is 0 Å². The van der Waals surface area contributed by atoms with Gasteiger partial charge in [0.05, 0.1) is 0 Å². The molecule has 0 spiro atoms. The van der Waals surface area contributed by atoms with E-state index >= 15 is 0 Å². The lowest BCUT2D eigenvalue weighted by atomic mass is 9.93. The van der Waals surface area contributed by atoms with Crippen LogP contribution in [0.1, 0.15) is 32.3 Å². The van der Waals surface area contributed by atoms with E-state index in [0.717, 1.165) is 13.1 Å². The van der Waals surface area contributed by atoms with E-state index in [9.17, 15) is 0 Å². The maximum absolute atomic E-state index is 6.27. The lowest BCUT2D eigenvalue weighted by Crippen LogP contribution is -2.51. The zero-order valence-electron chi connectivity index (χ0n) is 13.4. The van der Waals surface area contributed by atoms with Crippen molar-refractivity contribution >= 4 is 0 Å². The summed E-state index contributed by atoms with van der Waals surface area (Å²) >= 11 is 0. The summed E-state index contributed by atoms with van der Waals surface area (Å²) in [6, 6.07) is 12.6. The maximum atomic E-state index is 6.27. The molecule has 3 heteroatoms. The highest BCUT2D eigenvalue weighted by molar-refractivity contribution is 5.15. The second-order valence-corrected chi connectivity index (χ2v) is 7.08. The van der Waals surface area contributed by atoms with Crippen molar-refractivity contribution in [3.63, 3.8) is 0 Å². The van der Waals surface area contributed by atoms with Crippen LogP contribution in [0.15, 0.2) is 30.3 Å². The molecular weight excluding hydrogens is 258 g/mol. The lowest BCUT2D eigenvalue weighted by Gasteiger charge is -2.38. The number of hydrogen-bond donors (Lipinski definition) is 1. The van der Waals surface area contributed by atoms with Crippen LogP contribution in [0.5, 0.6) is 0 Å². The number of piperidine rings is 1. The molecule has 0 radical (unpaired) electrons. The third kappa shape index (κ3) is 3.47. The molecule has 2 fully saturated rings. The molecule has 0 bridgehead atoms. The molecule has 1 aromatic rings. The first kappa shape index (κ1) is 15.0. The standard InChI is InChI=1S/C18H29N3/c1-14-8-9-20(13-18(14)19)17-10-15(2)21(12-17)11-16-6-4-3-5-7-16/h3-7,14-15,17-18H,8-13,19H2,1-2H3. The molecule has 2 saturated heterocycles. The van der Waals surface area contributed by atoms with E-state index in [1.807, 2.05) is 0 Å². The number of rotatable bonds is 3. The Kier molecular flexibility index (Phi) is 4.63. The molecule has 0 aliphatic carbocycles. The Morgan fingerprint density at radius 1 is 1.14 bits per heavy atom. The van der Waals surface area contributed by atoms with Gasteiger partial charge in [0.25, 0.3) is 0 Å². The third-order valence-corrected chi connectivity index (χ3v) is 5.47. The minimum absolute atomic E-state index is 0.359. The van der Waals surface area contributed by atoms with Crippen LogP contribution in [0, 0.1) is 5.92 Å². The number of hydrogen-bond acceptors (Lipinski definition) is 3. The van der Waals surface area contributed by atoms with Gasteiger partial charge in [-0.15, -0.1) is 0 Å². The minimum Gasteiger partial charge on any atom is -0.326 e. The summed E-state index contributed by atoms with van der Waals surface area (Å²) in [6.45, 7) is 9.24. The molecule has 3 rings (SSSR count). The maximum Gasteiger partial charge on any atom is 0.0238 e. The molecule has 2 aliphatic rings. The van der Waals surface area contributed by atoms with Crippen LogP contribution >= 0.6 is 0 Å². The van der Waals surface area contributed by atoms with Gasteiger partial charge in [-0.3, -0.25) is 9.80 Å². The summed E-state index contributed by atoms with van der Waals surface area (Å²) in [7, 11) is 0. The molecule has 4 unspecified atom stereocenters. The Hall–Kier alpha value is -0.900. The quantitative estimate of drug-likeness (QED) is 0.926. The van der Waals surface area contributed by atoms with Crippen LogP contribution in [0.3, 0.4) is 0 Å². The minimum atomic E-state index is 0.359. The van der Waals surface area contributed by atoms with Gasteiger partial charge in [0.1, 0.15) is 0 Å². The molecule has 3 nitrogen and oxygen atoms in total. The fourth-order valence-electron chi connectivity index (χ4n) is 3.83. The summed E-state index contributed by atoms with van der Waals surface area (Å²) < 4.78 is 0. The van der Waals surface area contributed by atoms with E-state index in [4.69, 9.17) is 5.73 Å². The fraction of sp³-hybridized carbons (Fsp3) is 0.667. The molecule has 0 amide bonds. The predicted molar refractivity (Wildman–Crippen MR) is 88.0 cm³/mol. The molecule has 2 heterocycles. The lowest BCUT2D eigenvalue weighted by molar-refractivity contribution is 0.120. The Balaban J connectivity index is 1.58. The van der Waals surface area contributed by atoms with Crippen molar-refractivity contribution < 1.29 is 0 Å². The number of nitrogens with two attached hydrogens (primary N) is 1. The molecule has 1 aromatic carbocycles. The van der Waals surface area contributed by atoms with E-state index in [0.29, 0.717) is 24.0 Å². The normalized spacial score (nSPS) is 35.2. The first-order valence-electron chi connectivity index (χ1n) is 8.41. The van der Waals surface area contributed by atoms with Crippen molar-refractivity contribution in [2.45, 2.75) is 51.4 Å². The molecule has 4 atom stereocenters. The smallest absolute Gasteiger partial charge is 0.0238 e. The summed E-state index contributed by atoms with van der Waals surface area (Å²) in [5.74, 6) is 0.681. The highest BCUT2D eigenvalue weighted by Crippen LogP contribution is 2.27. The number of nitrogens with zero attached hydrogens (tertiary/aromatic N) is 2. The van der Waals surface area contributed by atoms with Crippen molar-refractivity contribution in [2.24, 2.45) is 11.7 Å². The second kappa shape index (κ2) is 6.47. The van der Waals surface area contributed by atoms with Crippen molar-refractivity contribution in [1.29, 1.82) is 0 Å². The molecule has 0 aromatic heterocycles. The molecule has 116 valence electrons. The predicted octanol–water partition coefficient (Wildman–Crippen LogP) is 2.32.